The van der Waals surface area contributed by atoms with E-state index in [-0.39, 0.29) is 0 Å². The number of aliphatic hydroxyl groups is 1. The number of rotatable bonds is 6. The monoisotopic (exact) mass is 222 g/mol. The molecule has 0 heterocycles. The first-order chi connectivity index (χ1) is 7.65. The van der Waals surface area contributed by atoms with E-state index in [1.54, 1.807) is 0 Å². The molecule has 3 heteroatoms. The van der Waals surface area contributed by atoms with Gasteiger partial charge < -0.3 is 10.2 Å². The lowest BCUT2D eigenvalue weighted by molar-refractivity contribution is -0.145. The van der Waals surface area contributed by atoms with Gasteiger partial charge in [0.05, 0.1) is 12.0 Å². The summed E-state index contributed by atoms with van der Waals surface area (Å²) in [6, 6.07) is 9.41. The van der Waals surface area contributed by atoms with E-state index >= 15 is 0 Å². The molecule has 2 N–H and O–H groups in total. The molecule has 0 spiro atoms. The summed E-state index contributed by atoms with van der Waals surface area (Å²) in [7, 11) is 0. The minimum Gasteiger partial charge on any atom is -0.481 e. The van der Waals surface area contributed by atoms with Crippen molar-refractivity contribution >= 4 is 5.97 Å². The predicted octanol–water partition coefficient (Wildman–Crippen LogP) is 2.09. The van der Waals surface area contributed by atoms with Crippen molar-refractivity contribution in [2.45, 2.75) is 32.3 Å². The molecule has 0 aromatic heterocycles. The van der Waals surface area contributed by atoms with Gasteiger partial charge in [-0.25, -0.2) is 0 Å². The third-order valence-electron chi connectivity index (χ3n) is 2.66. The highest BCUT2D eigenvalue weighted by Crippen LogP contribution is 2.16. The summed E-state index contributed by atoms with van der Waals surface area (Å²) in [4.78, 5) is 11.1. The number of carbonyl (C=O) groups is 1. The second-order valence-corrected chi connectivity index (χ2v) is 3.99. The zero-order valence-electron chi connectivity index (χ0n) is 9.47. The maximum absolute atomic E-state index is 11.1. The van der Waals surface area contributed by atoms with E-state index in [0.29, 0.717) is 12.8 Å². The lowest BCUT2D eigenvalue weighted by Crippen LogP contribution is -2.29. The van der Waals surface area contributed by atoms with Gasteiger partial charge >= 0.3 is 5.97 Å². The standard InChI is InChI=1S/C13H18O3/c1-2-6-12(14)11(13(15)16)9-10-7-4-3-5-8-10/h3-5,7-8,11-12,14H,2,6,9H2,1H3,(H,15,16)/t11-,12-/m1/s1. The van der Waals surface area contributed by atoms with E-state index in [4.69, 9.17) is 5.11 Å². The van der Waals surface area contributed by atoms with Gasteiger partial charge in [-0.05, 0) is 18.4 Å². The molecule has 3 nitrogen and oxygen atoms in total. The molecule has 1 rings (SSSR count). The summed E-state index contributed by atoms with van der Waals surface area (Å²) in [5.74, 6) is -1.63. The molecule has 16 heavy (non-hydrogen) atoms. The Bertz CT molecular complexity index is 321. The van der Waals surface area contributed by atoms with Crippen molar-refractivity contribution in [3.63, 3.8) is 0 Å². The quantitative estimate of drug-likeness (QED) is 0.774. The third kappa shape index (κ3) is 3.66. The third-order valence-corrected chi connectivity index (χ3v) is 2.66. The van der Waals surface area contributed by atoms with Crippen LogP contribution in [0.25, 0.3) is 0 Å². The Labute approximate surface area is 95.7 Å². The average Bonchev–Trinajstić information content (AvgIpc) is 2.27. The predicted molar refractivity (Wildman–Crippen MR) is 62.2 cm³/mol. The molecular weight excluding hydrogens is 204 g/mol. The average molecular weight is 222 g/mol. The number of carboxylic acids is 1. The van der Waals surface area contributed by atoms with Gasteiger partial charge in [-0.3, -0.25) is 4.79 Å². The summed E-state index contributed by atoms with van der Waals surface area (Å²) in [6.07, 6.45) is 0.948. The Morgan fingerprint density at radius 1 is 1.31 bits per heavy atom. The van der Waals surface area contributed by atoms with Crippen molar-refractivity contribution in [3.05, 3.63) is 35.9 Å². The second-order valence-electron chi connectivity index (χ2n) is 3.99. The van der Waals surface area contributed by atoms with Gasteiger partial charge in [0.1, 0.15) is 0 Å². The molecule has 0 saturated heterocycles. The molecule has 0 bridgehead atoms. The number of aliphatic hydroxyl groups excluding tert-OH is 1. The van der Waals surface area contributed by atoms with Crippen LogP contribution in [-0.2, 0) is 11.2 Å². The Balaban J connectivity index is 2.69. The minimum absolute atomic E-state index is 0.386. The van der Waals surface area contributed by atoms with E-state index in [1.807, 2.05) is 37.3 Å². The molecule has 0 radical (unpaired) electrons. The fourth-order valence-electron chi connectivity index (χ4n) is 1.75. The molecule has 1 aromatic rings. The van der Waals surface area contributed by atoms with Crippen LogP contribution in [0.3, 0.4) is 0 Å². The minimum atomic E-state index is -0.926. The zero-order chi connectivity index (χ0) is 12.0. The van der Waals surface area contributed by atoms with Crippen LogP contribution < -0.4 is 0 Å². The van der Waals surface area contributed by atoms with Crippen LogP contribution in [-0.4, -0.2) is 22.3 Å². The molecule has 0 unspecified atom stereocenters. The largest absolute Gasteiger partial charge is 0.481 e. The maximum atomic E-state index is 11.1. The van der Waals surface area contributed by atoms with Gasteiger partial charge in [-0.1, -0.05) is 43.7 Å². The highest BCUT2D eigenvalue weighted by molar-refractivity contribution is 5.71. The first kappa shape index (κ1) is 12.7. The van der Waals surface area contributed by atoms with Gasteiger partial charge in [-0.15, -0.1) is 0 Å². The molecule has 0 aliphatic carbocycles. The molecule has 0 amide bonds. The molecule has 0 saturated carbocycles. The maximum Gasteiger partial charge on any atom is 0.309 e. The zero-order valence-corrected chi connectivity index (χ0v) is 9.47. The van der Waals surface area contributed by atoms with Crippen molar-refractivity contribution in [2.24, 2.45) is 5.92 Å². The van der Waals surface area contributed by atoms with Gasteiger partial charge in [0.15, 0.2) is 0 Å². The van der Waals surface area contributed by atoms with Crippen LogP contribution in [0.1, 0.15) is 25.3 Å². The summed E-state index contributed by atoms with van der Waals surface area (Å²) in [5, 5.41) is 18.8. The molecule has 1 aromatic carbocycles. The molecule has 2 atom stereocenters. The van der Waals surface area contributed by atoms with Crippen molar-refractivity contribution in [3.8, 4) is 0 Å². The Morgan fingerprint density at radius 3 is 2.44 bits per heavy atom. The van der Waals surface area contributed by atoms with Crippen LogP contribution in [0, 0.1) is 5.92 Å². The van der Waals surface area contributed by atoms with Gasteiger partial charge in [0.2, 0.25) is 0 Å². The number of benzene rings is 1. The highest BCUT2D eigenvalue weighted by atomic mass is 16.4. The first-order valence-electron chi connectivity index (χ1n) is 5.60. The van der Waals surface area contributed by atoms with Crippen LogP contribution in [0.2, 0.25) is 0 Å². The molecular formula is C13H18O3. The van der Waals surface area contributed by atoms with Gasteiger partial charge in [0, 0.05) is 0 Å². The molecule has 0 aliphatic rings. The van der Waals surface area contributed by atoms with Crippen LogP contribution in [0.5, 0.6) is 0 Å². The van der Waals surface area contributed by atoms with Crippen molar-refractivity contribution in [1.82, 2.24) is 0 Å². The Hall–Kier alpha value is -1.35. The van der Waals surface area contributed by atoms with Crippen molar-refractivity contribution in [2.75, 3.05) is 0 Å². The number of aliphatic carboxylic acids is 1. The fourth-order valence-corrected chi connectivity index (χ4v) is 1.75. The Kier molecular flexibility index (Phi) is 4.99. The van der Waals surface area contributed by atoms with Crippen LogP contribution in [0.4, 0.5) is 0 Å². The number of carboxylic acid groups (broad SMARTS) is 1. The number of hydrogen-bond acceptors (Lipinski definition) is 2. The lowest BCUT2D eigenvalue weighted by atomic mass is 9.92. The van der Waals surface area contributed by atoms with Crippen LogP contribution >= 0.6 is 0 Å². The van der Waals surface area contributed by atoms with E-state index in [1.165, 1.54) is 0 Å². The molecule has 88 valence electrons. The SMILES string of the molecule is CCC[C@@H](O)[C@@H](Cc1ccccc1)C(=O)O. The normalized spacial score (nSPS) is 14.4. The number of hydrogen-bond donors (Lipinski definition) is 2. The van der Waals surface area contributed by atoms with Gasteiger partial charge in [-0.2, -0.15) is 0 Å². The van der Waals surface area contributed by atoms with Gasteiger partial charge in [0.25, 0.3) is 0 Å². The summed E-state index contributed by atoms with van der Waals surface area (Å²) in [5.41, 5.74) is 0.949. The summed E-state index contributed by atoms with van der Waals surface area (Å²) in [6.45, 7) is 1.94. The topological polar surface area (TPSA) is 57.5 Å². The highest BCUT2D eigenvalue weighted by Gasteiger charge is 2.25. The van der Waals surface area contributed by atoms with Crippen molar-refractivity contribution < 1.29 is 15.0 Å². The summed E-state index contributed by atoms with van der Waals surface area (Å²) >= 11 is 0. The smallest absolute Gasteiger partial charge is 0.309 e. The molecule has 0 aliphatic heterocycles. The van der Waals surface area contributed by atoms with E-state index in [9.17, 15) is 9.90 Å². The molecule has 0 fully saturated rings. The van der Waals surface area contributed by atoms with E-state index in [2.05, 4.69) is 0 Å². The Morgan fingerprint density at radius 2 is 1.94 bits per heavy atom. The lowest BCUT2D eigenvalue weighted by Gasteiger charge is -2.18. The van der Waals surface area contributed by atoms with Crippen LogP contribution in [0.15, 0.2) is 30.3 Å². The van der Waals surface area contributed by atoms with E-state index in [0.717, 1.165) is 12.0 Å². The second kappa shape index (κ2) is 6.28. The van der Waals surface area contributed by atoms with E-state index < -0.39 is 18.0 Å². The van der Waals surface area contributed by atoms with Crippen molar-refractivity contribution in [1.29, 1.82) is 0 Å². The summed E-state index contributed by atoms with van der Waals surface area (Å²) < 4.78 is 0. The first-order valence-corrected chi connectivity index (χ1v) is 5.60. The fraction of sp³-hybridized carbons (Fsp3) is 0.462.